The number of aryl methyl sites for hydroxylation is 5. The van der Waals surface area contributed by atoms with Gasteiger partial charge in [0.05, 0.1) is 6.07 Å². The molecule has 0 heterocycles. The Kier molecular flexibility index (Phi) is 4.36. The molecule has 4 bridgehead atoms. The van der Waals surface area contributed by atoms with E-state index in [2.05, 4.69) is 48.5 Å². The van der Waals surface area contributed by atoms with E-state index < -0.39 is 0 Å². The standard InChI is InChI=1S/C20H21N/c21-14-2-1-3-20-15-18-9-8-16-4-6-17(7-5-16)10-12-19(20)13-11-18/h4-7,11,13,15H,1-3,8-10,12H2. The topological polar surface area (TPSA) is 23.8 Å². The molecule has 0 N–H and O–H groups in total. The predicted octanol–water partition coefficient (Wildman–Crippen LogP) is 4.42. The van der Waals surface area contributed by atoms with Gasteiger partial charge in [0.25, 0.3) is 0 Å². The maximum absolute atomic E-state index is 8.73. The molecule has 0 saturated carbocycles. The largest absolute Gasteiger partial charge is 0.198 e. The Morgan fingerprint density at radius 3 is 2.14 bits per heavy atom. The van der Waals surface area contributed by atoms with Crippen molar-refractivity contribution in [3.63, 3.8) is 0 Å². The molecule has 106 valence electrons. The van der Waals surface area contributed by atoms with E-state index in [9.17, 15) is 0 Å². The summed E-state index contributed by atoms with van der Waals surface area (Å²) in [5.41, 5.74) is 7.19. The van der Waals surface area contributed by atoms with Gasteiger partial charge < -0.3 is 0 Å². The highest BCUT2D eigenvalue weighted by molar-refractivity contribution is 5.35. The highest BCUT2D eigenvalue weighted by Crippen LogP contribution is 2.20. The summed E-state index contributed by atoms with van der Waals surface area (Å²) >= 11 is 0. The maximum atomic E-state index is 8.73. The molecule has 21 heavy (non-hydrogen) atoms. The molecular formula is C20H21N. The van der Waals surface area contributed by atoms with Gasteiger partial charge in [0.2, 0.25) is 0 Å². The van der Waals surface area contributed by atoms with Crippen molar-refractivity contribution in [2.45, 2.75) is 44.9 Å². The van der Waals surface area contributed by atoms with E-state index in [0.29, 0.717) is 6.42 Å². The van der Waals surface area contributed by atoms with Gasteiger partial charge in [0.1, 0.15) is 0 Å². The first-order chi connectivity index (χ1) is 10.3. The number of hydrogen-bond acceptors (Lipinski definition) is 1. The summed E-state index contributed by atoms with van der Waals surface area (Å²) in [6.07, 6.45) is 7.08. The molecule has 0 saturated heterocycles. The highest BCUT2D eigenvalue weighted by atomic mass is 14.2. The van der Waals surface area contributed by atoms with Crippen LogP contribution in [0.15, 0.2) is 42.5 Å². The molecule has 1 heteroatoms. The minimum absolute atomic E-state index is 0.657. The Hall–Kier alpha value is -2.07. The Bertz CT molecular complexity index is 647. The molecule has 4 aliphatic carbocycles. The highest BCUT2D eigenvalue weighted by Gasteiger charge is 2.07. The molecular weight excluding hydrogens is 254 g/mol. The van der Waals surface area contributed by atoms with Gasteiger partial charge in [-0.05, 0) is 66.3 Å². The van der Waals surface area contributed by atoms with Crippen LogP contribution in [-0.4, -0.2) is 0 Å². The molecule has 2 aromatic carbocycles. The van der Waals surface area contributed by atoms with E-state index in [1.54, 1.807) is 0 Å². The second-order valence-electron chi connectivity index (χ2n) is 5.93. The van der Waals surface area contributed by atoms with Crippen molar-refractivity contribution in [1.82, 2.24) is 0 Å². The van der Waals surface area contributed by atoms with Crippen molar-refractivity contribution in [3.8, 4) is 6.07 Å². The van der Waals surface area contributed by atoms with Gasteiger partial charge in [-0.25, -0.2) is 0 Å². The third-order valence-corrected chi connectivity index (χ3v) is 4.41. The average molecular weight is 275 g/mol. The van der Waals surface area contributed by atoms with Crippen LogP contribution in [0.3, 0.4) is 0 Å². The SMILES string of the molecule is N#CCCCc1cc2ccc1CCc1ccc(cc1)CC2. The lowest BCUT2D eigenvalue weighted by Gasteiger charge is -2.14. The minimum Gasteiger partial charge on any atom is -0.198 e. The summed E-state index contributed by atoms with van der Waals surface area (Å²) in [5, 5.41) is 8.73. The Balaban J connectivity index is 1.87. The fraction of sp³-hybridized carbons (Fsp3) is 0.350. The number of unbranched alkanes of at least 4 members (excludes halogenated alkanes) is 1. The summed E-state index contributed by atoms with van der Waals surface area (Å²) in [7, 11) is 0. The van der Waals surface area contributed by atoms with Crippen LogP contribution in [0.4, 0.5) is 0 Å². The van der Waals surface area contributed by atoms with Gasteiger partial charge in [-0.3, -0.25) is 0 Å². The zero-order valence-electron chi connectivity index (χ0n) is 12.4. The van der Waals surface area contributed by atoms with E-state index in [-0.39, 0.29) is 0 Å². The first-order valence-corrected chi connectivity index (χ1v) is 7.90. The zero-order valence-corrected chi connectivity index (χ0v) is 12.4. The molecule has 6 rings (SSSR count). The van der Waals surface area contributed by atoms with E-state index in [1.807, 2.05) is 0 Å². The van der Waals surface area contributed by atoms with Crippen LogP contribution in [0.2, 0.25) is 0 Å². The van der Waals surface area contributed by atoms with Crippen molar-refractivity contribution in [2.75, 3.05) is 0 Å². The van der Waals surface area contributed by atoms with Crippen LogP contribution in [0, 0.1) is 11.3 Å². The number of nitriles is 1. The number of benzene rings is 2. The van der Waals surface area contributed by atoms with Crippen LogP contribution < -0.4 is 0 Å². The number of nitrogens with zero attached hydrogens (tertiary/aromatic N) is 1. The maximum Gasteiger partial charge on any atom is 0.0621 e. The minimum atomic E-state index is 0.657. The fourth-order valence-electron chi connectivity index (χ4n) is 3.11. The van der Waals surface area contributed by atoms with Gasteiger partial charge in [-0.15, -0.1) is 0 Å². The van der Waals surface area contributed by atoms with Crippen LogP contribution >= 0.6 is 0 Å². The Labute approximate surface area is 127 Å². The smallest absolute Gasteiger partial charge is 0.0621 e. The van der Waals surface area contributed by atoms with Crippen LogP contribution in [0.25, 0.3) is 0 Å². The monoisotopic (exact) mass is 275 g/mol. The summed E-state index contributed by atoms with van der Waals surface area (Å²) in [6, 6.07) is 18.3. The summed E-state index contributed by atoms with van der Waals surface area (Å²) in [6.45, 7) is 0. The Morgan fingerprint density at radius 1 is 0.810 bits per heavy atom. The van der Waals surface area contributed by atoms with Crippen molar-refractivity contribution in [3.05, 3.63) is 70.3 Å². The second kappa shape index (κ2) is 6.59. The van der Waals surface area contributed by atoms with Crippen molar-refractivity contribution >= 4 is 0 Å². The predicted molar refractivity (Wildman–Crippen MR) is 86.3 cm³/mol. The average Bonchev–Trinajstić information content (AvgIpc) is 2.51. The van der Waals surface area contributed by atoms with Gasteiger partial charge >= 0.3 is 0 Å². The fourth-order valence-corrected chi connectivity index (χ4v) is 3.11. The first kappa shape index (κ1) is 13.9. The number of rotatable bonds is 3. The molecule has 0 unspecified atom stereocenters. The molecule has 0 spiro atoms. The third-order valence-electron chi connectivity index (χ3n) is 4.41. The van der Waals surface area contributed by atoms with E-state index >= 15 is 0 Å². The summed E-state index contributed by atoms with van der Waals surface area (Å²) < 4.78 is 0. The lowest BCUT2D eigenvalue weighted by atomic mass is 9.91. The normalized spacial score (nSPS) is 13.5. The quantitative estimate of drug-likeness (QED) is 0.761. The summed E-state index contributed by atoms with van der Waals surface area (Å²) in [4.78, 5) is 0. The van der Waals surface area contributed by atoms with Crippen LogP contribution in [-0.2, 0) is 32.1 Å². The van der Waals surface area contributed by atoms with Crippen molar-refractivity contribution in [1.29, 1.82) is 5.26 Å². The van der Waals surface area contributed by atoms with E-state index in [4.69, 9.17) is 5.26 Å². The molecule has 0 amide bonds. The molecule has 0 atom stereocenters. The molecule has 0 fully saturated rings. The van der Waals surface area contributed by atoms with Crippen LogP contribution in [0.1, 0.15) is 40.7 Å². The molecule has 2 aromatic rings. The van der Waals surface area contributed by atoms with Crippen molar-refractivity contribution in [2.24, 2.45) is 0 Å². The third kappa shape index (κ3) is 3.52. The van der Waals surface area contributed by atoms with Gasteiger partial charge in [0, 0.05) is 6.42 Å². The first-order valence-electron chi connectivity index (χ1n) is 7.90. The lowest BCUT2D eigenvalue weighted by Crippen LogP contribution is -2.02. The van der Waals surface area contributed by atoms with Gasteiger partial charge in [0.15, 0.2) is 0 Å². The van der Waals surface area contributed by atoms with Gasteiger partial charge in [-0.1, -0.05) is 42.5 Å². The van der Waals surface area contributed by atoms with Crippen LogP contribution in [0.5, 0.6) is 0 Å². The zero-order chi connectivity index (χ0) is 14.5. The molecule has 1 nitrogen and oxygen atoms in total. The lowest BCUT2D eigenvalue weighted by molar-refractivity contribution is 0.821. The summed E-state index contributed by atoms with van der Waals surface area (Å²) in [5.74, 6) is 0. The molecule has 0 radical (unpaired) electrons. The molecule has 4 aliphatic rings. The number of hydrogen-bond donors (Lipinski definition) is 0. The van der Waals surface area contributed by atoms with E-state index in [1.165, 1.54) is 27.8 Å². The molecule has 0 aromatic heterocycles. The van der Waals surface area contributed by atoms with Crippen molar-refractivity contribution < 1.29 is 0 Å². The second-order valence-corrected chi connectivity index (χ2v) is 5.93. The van der Waals surface area contributed by atoms with Gasteiger partial charge in [-0.2, -0.15) is 5.26 Å². The van der Waals surface area contributed by atoms with E-state index in [0.717, 1.165) is 38.5 Å². The Morgan fingerprint density at radius 2 is 1.43 bits per heavy atom. The molecule has 0 aliphatic heterocycles.